The Kier molecular flexibility index (Phi) is 6.45. The SMILES string of the molecule is Cc1cc(N2CCN([C@@H](C)C(=O)Nc3cccc(C#N)c3)CC2)nc(C(C)C)n1. The maximum Gasteiger partial charge on any atom is 0.241 e. The van der Waals surface area contributed by atoms with Gasteiger partial charge in [0.15, 0.2) is 0 Å². The Morgan fingerprint density at radius 2 is 1.86 bits per heavy atom. The lowest BCUT2D eigenvalue weighted by Gasteiger charge is -2.38. The van der Waals surface area contributed by atoms with E-state index in [1.165, 1.54) is 0 Å². The topological polar surface area (TPSA) is 85.1 Å². The van der Waals surface area contributed by atoms with Crippen molar-refractivity contribution in [3.63, 3.8) is 0 Å². The summed E-state index contributed by atoms with van der Waals surface area (Å²) in [6.07, 6.45) is 0. The molecule has 0 unspecified atom stereocenters. The van der Waals surface area contributed by atoms with Crippen LogP contribution in [0.2, 0.25) is 0 Å². The molecule has 2 aromatic rings. The minimum Gasteiger partial charge on any atom is -0.354 e. The van der Waals surface area contributed by atoms with Crippen LogP contribution in [-0.2, 0) is 4.79 Å². The van der Waals surface area contributed by atoms with E-state index >= 15 is 0 Å². The first-order valence-corrected chi connectivity index (χ1v) is 10.0. The fourth-order valence-corrected chi connectivity index (χ4v) is 3.41. The molecule has 0 bridgehead atoms. The van der Waals surface area contributed by atoms with Gasteiger partial charge in [-0.15, -0.1) is 0 Å². The van der Waals surface area contributed by atoms with E-state index in [9.17, 15) is 4.79 Å². The fraction of sp³-hybridized carbons (Fsp3) is 0.455. The van der Waals surface area contributed by atoms with Crippen molar-refractivity contribution in [1.29, 1.82) is 5.26 Å². The van der Waals surface area contributed by atoms with E-state index in [2.05, 4.69) is 40.0 Å². The maximum absolute atomic E-state index is 12.7. The summed E-state index contributed by atoms with van der Waals surface area (Å²) in [5.41, 5.74) is 2.16. The summed E-state index contributed by atoms with van der Waals surface area (Å²) in [6, 6.07) is 10.8. The molecule has 1 aromatic carbocycles. The third kappa shape index (κ3) is 5.09. The van der Waals surface area contributed by atoms with E-state index in [1.54, 1.807) is 24.3 Å². The smallest absolute Gasteiger partial charge is 0.241 e. The first-order chi connectivity index (χ1) is 13.9. The molecule has 1 atom stereocenters. The molecule has 1 fully saturated rings. The number of aryl methyl sites for hydroxylation is 1. The molecular weight excluding hydrogens is 364 g/mol. The van der Waals surface area contributed by atoms with Crippen LogP contribution in [0.5, 0.6) is 0 Å². The highest BCUT2D eigenvalue weighted by Crippen LogP contribution is 2.20. The fourth-order valence-electron chi connectivity index (χ4n) is 3.41. The second-order valence-electron chi connectivity index (χ2n) is 7.76. The molecule has 3 rings (SSSR count). The average molecular weight is 393 g/mol. The number of nitrogens with zero attached hydrogens (tertiary/aromatic N) is 5. The highest BCUT2D eigenvalue weighted by Gasteiger charge is 2.26. The predicted octanol–water partition coefficient (Wildman–Crippen LogP) is 2.93. The average Bonchev–Trinajstić information content (AvgIpc) is 2.73. The van der Waals surface area contributed by atoms with Gasteiger partial charge in [0, 0.05) is 49.5 Å². The van der Waals surface area contributed by atoms with Gasteiger partial charge in [0.1, 0.15) is 11.6 Å². The van der Waals surface area contributed by atoms with Gasteiger partial charge in [0.05, 0.1) is 17.7 Å². The van der Waals surface area contributed by atoms with Crippen molar-refractivity contribution in [3.8, 4) is 6.07 Å². The molecule has 1 aromatic heterocycles. The van der Waals surface area contributed by atoms with E-state index in [0.29, 0.717) is 11.3 Å². The van der Waals surface area contributed by atoms with Crippen LogP contribution in [0.25, 0.3) is 0 Å². The van der Waals surface area contributed by atoms with E-state index in [0.717, 1.165) is 43.5 Å². The number of aromatic nitrogens is 2. The van der Waals surface area contributed by atoms with Gasteiger partial charge in [-0.1, -0.05) is 19.9 Å². The zero-order valence-electron chi connectivity index (χ0n) is 17.5. The minimum absolute atomic E-state index is 0.0616. The first-order valence-electron chi connectivity index (χ1n) is 10.0. The monoisotopic (exact) mass is 392 g/mol. The zero-order valence-corrected chi connectivity index (χ0v) is 17.5. The molecule has 0 spiro atoms. The lowest BCUT2D eigenvalue weighted by molar-refractivity contribution is -0.120. The molecule has 1 aliphatic rings. The number of piperazine rings is 1. The highest BCUT2D eigenvalue weighted by atomic mass is 16.2. The van der Waals surface area contributed by atoms with Crippen LogP contribution in [0.15, 0.2) is 30.3 Å². The van der Waals surface area contributed by atoms with Gasteiger partial charge in [-0.3, -0.25) is 9.69 Å². The Labute approximate surface area is 172 Å². The third-order valence-corrected chi connectivity index (χ3v) is 5.20. The number of nitriles is 1. The number of nitrogens with one attached hydrogen (secondary N) is 1. The summed E-state index contributed by atoms with van der Waals surface area (Å²) in [4.78, 5) is 26.3. The summed E-state index contributed by atoms with van der Waals surface area (Å²) in [5, 5.41) is 11.9. The molecule has 1 aliphatic heterocycles. The van der Waals surface area contributed by atoms with Gasteiger partial charge in [-0.25, -0.2) is 9.97 Å². The highest BCUT2D eigenvalue weighted by molar-refractivity contribution is 5.94. The summed E-state index contributed by atoms with van der Waals surface area (Å²) in [7, 11) is 0. The number of rotatable bonds is 5. The van der Waals surface area contributed by atoms with Gasteiger partial charge in [-0.05, 0) is 32.0 Å². The third-order valence-electron chi connectivity index (χ3n) is 5.20. The number of anilines is 2. The Bertz CT molecular complexity index is 912. The minimum atomic E-state index is -0.249. The van der Waals surface area contributed by atoms with Crippen molar-refractivity contribution in [2.75, 3.05) is 36.4 Å². The molecular formula is C22H28N6O. The number of hydrogen-bond donors (Lipinski definition) is 1. The Morgan fingerprint density at radius 1 is 1.14 bits per heavy atom. The number of hydrogen-bond acceptors (Lipinski definition) is 6. The molecule has 152 valence electrons. The van der Waals surface area contributed by atoms with Crippen molar-refractivity contribution >= 4 is 17.4 Å². The molecule has 1 N–H and O–H groups in total. The lowest BCUT2D eigenvalue weighted by atomic mass is 10.2. The van der Waals surface area contributed by atoms with Crippen molar-refractivity contribution in [2.24, 2.45) is 0 Å². The van der Waals surface area contributed by atoms with Gasteiger partial charge < -0.3 is 10.2 Å². The normalized spacial score (nSPS) is 15.8. The van der Waals surface area contributed by atoms with E-state index in [4.69, 9.17) is 10.2 Å². The lowest BCUT2D eigenvalue weighted by Crippen LogP contribution is -2.53. The van der Waals surface area contributed by atoms with Gasteiger partial charge in [-0.2, -0.15) is 5.26 Å². The van der Waals surface area contributed by atoms with Gasteiger partial charge in [0.25, 0.3) is 0 Å². The van der Waals surface area contributed by atoms with Crippen LogP contribution in [0.1, 0.15) is 43.8 Å². The molecule has 7 heteroatoms. The molecule has 7 nitrogen and oxygen atoms in total. The van der Waals surface area contributed by atoms with Crippen LogP contribution in [0.3, 0.4) is 0 Å². The first kappa shape index (κ1) is 20.7. The second kappa shape index (κ2) is 9.01. The summed E-state index contributed by atoms with van der Waals surface area (Å²) in [6.45, 7) is 11.3. The van der Waals surface area contributed by atoms with Crippen LogP contribution in [0.4, 0.5) is 11.5 Å². The van der Waals surface area contributed by atoms with Crippen molar-refractivity contribution in [3.05, 3.63) is 47.4 Å². The van der Waals surface area contributed by atoms with Crippen LogP contribution < -0.4 is 10.2 Å². The van der Waals surface area contributed by atoms with E-state index in [1.807, 2.05) is 19.9 Å². The Balaban J connectivity index is 1.60. The number of carbonyl (C=O) groups excluding carboxylic acids is 1. The Hall–Kier alpha value is -2.98. The van der Waals surface area contributed by atoms with Crippen molar-refractivity contribution < 1.29 is 4.79 Å². The summed E-state index contributed by atoms with van der Waals surface area (Å²) < 4.78 is 0. The largest absolute Gasteiger partial charge is 0.354 e. The van der Waals surface area contributed by atoms with E-state index < -0.39 is 0 Å². The van der Waals surface area contributed by atoms with Gasteiger partial charge >= 0.3 is 0 Å². The summed E-state index contributed by atoms with van der Waals surface area (Å²) >= 11 is 0. The van der Waals surface area contributed by atoms with Crippen LogP contribution in [0, 0.1) is 18.3 Å². The van der Waals surface area contributed by atoms with Crippen LogP contribution in [-0.4, -0.2) is 53.0 Å². The molecule has 1 amide bonds. The second-order valence-corrected chi connectivity index (χ2v) is 7.76. The summed E-state index contributed by atoms with van der Waals surface area (Å²) in [5.74, 6) is 2.06. The van der Waals surface area contributed by atoms with Crippen molar-refractivity contribution in [1.82, 2.24) is 14.9 Å². The molecule has 0 radical (unpaired) electrons. The van der Waals surface area contributed by atoms with Gasteiger partial charge in [0.2, 0.25) is 5.91 Å². The maximum atomic E-state index is 12.7. The number of carbonyl (C=O) groups is 1. The molecule has 0 aliphatic carbocycles. The Morgan fingerprint density at radius 3 is 2.52 bits per heavy atom. The quantitative estimate of drug-likeness (QED) is 0.842. The zero-order chi connectivity index (χ0) is 21.0. The molecule has 0 saturated carbocycles. The van der Waals surface area contributed by atoms with Crippen molar-refractivity contribution in [2.45, 2.75) is 39.7 Å². The number of amides is 1. The van der Waals surface area contributed by atoms with E-state index in [-0.39, 0.29) is 17.9 Å². The standard InChI is InChI=1S/C22H28N6O/c1-15(2)21-24-16(3)12-20(26-21)28-10-8-27(9-11-28)17(4)22(29)25-19-7-5-6-18(13-19)14-23/h5-7,12-13,15,17H,8-11H2,1-4H3,(H,25,29)/t17-/m0/s1. The molecule has 1 saturated heterocycles. The molecule has 29 heavy (non-hydrogen) atoms. The number of benzene rings is 1. The van der Waals surface area contributed by atoms with Crippen LogP contribution >= 0.6 is 0 Å². The predicted molar refractivity (Wildman–Crippen MR) is 114 cm³/mol. The molecule has 2 heterocycles.